The lowest BCUT2D eigenvalue weighted by Gasteiger charge is -2.37. The van der Waals surface area contributed by atoms with Gasteiger partial charge in [0.25, 0.3) is 5.91 Å². The Kier molecular flexibility index (Phi) is 7.90. The van der Waals surface area contributed by atoms with Crippen molar-refractivity contribution in [3.05, 3.63) is 35.4 Å². The van der Waals surface area contributed by atoms with Crippen LogP contribution in [0.15, 0.2) is 24.3 Å². The first kappa shape index (κ1) is 25.2. The van der Waals surface area contributed by atoms with Crippen molar-refractivity contribution in [2.24, 2.45) is 5.41 Å². The van der Waals surface area contributed by atoms with Crippen LogP contribution >= 0.6 is 0 Å². The third kappa shape index (κ3) is 5.59. The Morgan fingerprint density at radius 2 is 1.69 bits per heavy atom. The van der Waals surface area contributed by atoms with Crippen LogP contribution in [0.5, 0.6) is 0 Å². The molecule has 1 saturated heterocycles. The number of carbonyl (C=O) groups excluding carboxylic acids is 4. The van der Waals surface area contributed by atoms with E-state index in [-0.39, 0.29) is 13.1 Å². The van der Waals surface area contributed by atoms with E-state index >= 15 is 0 Å². The number of aldehydes is 1. The molecule has 0 bridgehead atoms. The largest absolute Gasteiger partial charge is 0.481 e. The Bertz CT molecular complexity index is 899. The van der Waals surface area contributed by atoms with Crippen molar-refractivity contribution in [2.75, 3.05) is 13.1 Å². The summed E-state index contributed by atoms with van der Waals surface area (Å²) in [7, 11) is 0. The fourth-order valence-corrected chi connectivity index (χ4v) is 3.93. The molecule has 1 aromatic carbocycles. The minimum Gasteiger partial charge on any atom is -0.481 e. The van der Waals surface area contributed by atoms with E-state index in [1.807, 2.05) is 6.07 Å². The number of carboxylic acids is 1. The van der Waals surface area contributed by atoms with Gasteiger partial charge in [-0.2, -0.15) is 4.48 Å². The fraction of sp³-hybridized carbons (Fsp3) is 0.522. The summed E-state index contributed by atoms with van der Waals surface area (Å²) in [6.45, 7) is 7.64. The molecule has 174 valence electrons. The number of hydrogen-bond donors (Lipinski definition) is 3. The van der Waals surface area contributed by atoms with Crippen LogP contribution in [0.2, 0.25) is 0 Å². The quantitative estimate of drug-likeness (QED) is 0.434. The molecule has 9 nitrogen and oxygen atoms in total. The molecule has 0 aromatic heterocycles. The SMILES string of the molecule is Cc1ccccc1C(=O)N[C@H](C(=O)[N+]1(C(=O)N[C@H](C=O)CC(=O)O)CCCC1)C(C)(C)C. The van der Waals surface area contributed by atoms with Crippen molar-refractivity contribution in [3.63, 3.8) is 0 Å². The zero-order valence-corrected chi connectivity index (χ0v) is 19.0. The van der Waals surface area contributed by atoms with Gasteiger partial charge in [0.15, 0.2) is 6.04 Å². The Morgan fingerprint density at radius 3 is 2.19 bits per heavy atom. The van der Waals surface area contributed by atoms with Gasteiger partial charge in [0.2, 0.25) is 0 Å². The lowest BCUT2D eigenvalue weighted by Crippen LogP contribution is -2.67. The lowest BCUT2D eigenvalue weighted by atomic mass is 9.85. The highest BCUT2D eigenvalue weighted by atomic mass is 16.4. The van der Waals surface area contributed by atoms with E-state index in [1.54, 1.807) is 45.9 Å². The standard InChI is InChI=1S/C23H31N3O6/c1-15-9-5-6-10-17(15)20(30)25-19(23(2,3)4)21(31)26(11-7-8-12-26)22(32)24-16(14-27)13-18(28)29/h5-6,9-10,14,16,19H,7-8,11-13H2,1-4H3,(H2-,24,25,28,29,30,32)/p+1/t16-,19+/m0/s1. The number of nitrogens with zero attached hydrogens (tertiary/aromatic N) is 1. The smallest absolute Gasteiger partial charge is 0.424 e. The maximum Gasteiger partial charge on any atom is 0.424 e. The summed E-state index contributed by atoms with van der Waals surface area (Å²) in [6.07, 6.45) is 1.01. The van der Waals surface area contributed by atoms with Crippen LogP contribution in [0.4, 0.5) is 4.79 Å². The third-order valence-electron chi connectivity index (χ3n) is 5.79. The van der Waals surface area contributed by atoms with Gasteiger partial charge < -0.3 is 15.2 Å². The minimum absolute atomic E-state index is 0.218. The number of carboxylic acid groups (broad SMARTS) is 1. The molecule has 1 heterocycles. The van der Waals surface area contributed by atoms with E-state index < -0.39 is 52.2 Å². The molecule has 1 fully saturated rings. The van der Waals surface area contributed by atoms with E-state index in [0.717, 1.165) is 5.56 Å². The molecule has 0 saturated carbocycles. The normalized spacial score (nSPS) is 17.1. The number of likely N-dealkylation sites (tertiary alicyclic amines) is 1. The van der Waals surface area contributed by atoms with Crippen LogP contribution in [-0.2, 0) is 14.4 Å². The van der Waals surface area contributed by atoms with Crippen molar-refractivity contribution in [2.45, 2.75) is 59.0 Å². The molecule has 9 heteroatoms. The molecule has 4 amide bonds. The van der Waals surface area contributed by atoms with Gasteiger partial charge in [-0.3, -0.25) is 14.9 Å². The van der Waals surface area contributed by atoms with Gasteiger partial charge in [-0.25, -0.2) is 9.59 Å². The van der Waals surface area contributed by atoms with Crippen LogP contribution in [0, 0.1) is 12.3 Å². The highest BCUT2D eigenvalue weighted by Crippen LogP contribution is 2.29. The molecule has 2 atom stereocenters. The highest BCUT2D eigenvalue weighted by molar-refractivity contribution is 5.99. The van der Waals surface area contributed by atoms with Gasteiger partial charge >= 0.3 is 17.9 Å². The van der Waals surface area contributed by atoms with Crippen LogP contribution in [0.1, 0.15) is 56.0 Å². The van der Waals surface area contributed by atoms with Gasteiger partial charge in [0.05, 0.1) is 19.5 Å². The van der Waals surface area contributed by atoms with Crippen LogP contribution in [0.25, 0.3) is 0 Å². The maximum atomic E-state index is 13.8. The first-order chi connectivity index (χ1) is 14.9. The van der Waals surface area contributed by atoms with Crippen molar-refractivity contribution in [1.82, 2.24) is 10.6 Å². The number of rotatable bonds is 7. The molecule has 0 aliphatic carbocycles. The number of aliphatic carboxylic acids is 1. The first-order valence-electron chi connectivity index (χ1n) is 10.7. The number of benzene rings is 1. The van der Waals surface area contributed by atoms with Crippen molar-refractivity contribution in [3.8, 4) is 0 Å². The molecule has 1 aliphatic heterocycles. The highest BCUT2D eigenvalue weighted by Gasteiger charge is 2.53. The Morgan fingerprint density at radius 1 is 1.09 bits per heavy atom. The molecule has 0 radical (unpaired) electrons. The monoisotopic (exact) mass is 446 g/mol. The predicted octanol–water partition coefficient (Wildman–Crippen LogP) is 2.03. The number of aryl methyl sites for hydroxylation is 1. The molecule has 1 aliphatic rings. The average Bonchev–Trinajstić information content (AvgIpc) is 3.21. The fourth-order valence-electron chi connectivity index (χ4n) is 3.93. The summed E-state index contributed by atoms with van der Waals surface area (Å²) in [4.78, 5) is 62.2. The van der Waals surface area contributed by atoms with Gasteiger partial charge in [0.1, 0.15) is 12.3 Å². The second-order valence-electron chi connectivity index (χ2n) is 9.34. The summed E-state index contributed by atoms with van der Waals surface area (Å²) >= 11 is 0. The first-order valence-corrected chi connectivity index (χ1v) is 10.7. The molecule has 32 heavy (non-hydrogen) atoms. The second-order valence-corrected chi connectivity index (χ2v) is 9.34. The number of amides is 4. The molecule has 3 N–H and O–H groups in total. The number of quaternary nitrogens is 1. The van der Waals surface area contributed by atoms with E-state index in [1.165, 1.54) is 0 Å². The summed E-state index contributed by atoms with van der Waals surface area (Å²) in [5, 5.41) is 14.2. The van der Waals surface area contributed by atoms with Gasteiger partial charge in [0, 0.05) is 18.4 Å². The van der Waals surface area contributed by atoms with Crippen LogP contribution < -0.4 is 10.6 Å². The number of carbonyl (C=O) groups is 5. The number of hydrogen-bond acceptors (Lipinski definition) is 5. The molecular formula is C23H32N3O6+. The predicted molar refractivity (Wildman–Crippen MR) is 117 cm³/mol. The number of imide groups is 1. The van der Waals surface area contributed by atoms with Crippen molar-refractivity contribution in [1.29, 1.82) is 0 Å². The molecular weight excluding hydrogens is 414 g/mol. The second kappa shape index (κ2) is 10.0. The van der Waals surface area contributed by atoms with Gasteiger partial charge in [-0.15, -0.1) is 0 Å². The minimum atomic E-state index is -1.24. The zero-order chi connectivity index (χ0) is 24.1. The van der Waals surface area contributed by atoms with E-state index in [4.69, 9.17) is 5.11 Å². The maximum absolute atomic E-state index is 13.8. The molecule has 0 spiro atoms. The Hall–Kier alpha value is -3.07. The lowest BCUT2D eigenvalue weighted by molar-refractivity contribution is -0.761. The summed E-state index contributed by atoms with van der Waals surface area (Å²) in [5.41, 5.74) is 0.499. The van der Waals surface area contributed by atoms with Crippen LogP contribution in [0.3, 0.4) is 0 Å². The van der Waals surface area contributed by atoms with E-state index in [9.17, 15) is 24.0 Å². The van der Waals surface area contributed by atoms with Crippen molar-refractivity contribution < 1.29 is 33.6 Å². The topological polar surface area (TPSA) is 130 Å². The molecule has 1 aromatic rings. The van der Waals surface area contributed by atoms with Crippen molar-refractivity contribution >= 4 is 30.1 Å². The number of nitrogens with one attached hydrogen (secondary N) is 2. The Labute approximate surface area is 187 Å². The van der Waals surface area contributed by atoms with Gasteiger partial charge in [-0.05, 0) is 24.0 Å². The summed E-state index contributed by atoms with van der Waals surface area (Å²) in [6, 6.07) is 4.08. The zero-order valence-electron chi connectivity index (χ0n) is 19.0. The molecule has 0 unspecified atom stereocenters. The van der Waals surface area contributed by atoms with E-state index in [2.05, 4.69) is 10.6 Å². The Balaban J connectivity index is 2.35. The summed E-state index contributed by atoms with van der Waals surface area (Å²) < 4.78 is -0.583. The number of urea groups is 1. The summed E-state index contributed by atoms with van der Waals surface area (Å²) in [5.74, 6) is -2.13. The third-order valence-corrected chi connectivity index (χ3v) is 5.79. The van der Waals surface area contributed by atoms with E-state index in [0.29, 0.717) is 24.7 Å². The van der Waals surface area contributed by atoms with Gasteiger partial charge in [-0.1, -0.05) is 39.0 Å². The average molecular weight is 447 g/mol. The molecule has 2 rings (SSSR count). The van der Waals surface area contributed by atoms with Crippen LogP contribution in [-0.4, -0.2) is 64.9 Å².